The predicted octanol–water partition coefficient (Wildman–Crippen LogP) is 1.92. The molecule has 6 heteroatoms. The maximum atomic E-state index is 12.3. The quantitative estimate of drug-likeness (QED) is 0.799. The van der Waals surface area contributed by atoms with E-state index in [0.29, 0.717) is 11.4 Å². The predicted molar refractivity (Wildman–Crippen MR) is 75.0 cm³/mol. The van der Waals surface area contributed by atoms with Crippen molar-refractivity contribution in [3.8, 4) is 0 Å². The van der Waals surface area contributed by atoms with Gasteiger partial charge in [-0.3, -0.25) is 4.79 Å². The summed E-state index contributed by atoms with van der Waals surface area (Å²) in [4.78, 5) is 30.1. The molecule has 3 rings (SSSR count). The van der Waals surface area contributed by atoms with E-state index in [4.69, 9.17) is 5.11 Å². The average molecular weight is 285 g/mol. The second-order valence-corrected chi connectivity index (χ2v) is 5.21. The van der Waals surface area contributed by atoms with E-state index in [2.05, 4.69) is 15.3 Å². The van der Waals surface area contributed by atoms with Gasteiger partial charge in [0.2, 0.25) is 0 Å². The first kappa shape index (κ1) is 13.4. The minimum absolute atomic E-state index is 0.0326. The monoisotopic (exact) mass is 285 g/mol. The third-order valence-electron chi connectivity index (χ3n) is 3.86. The minimum atomic E-state index is -1.06. The highest BCUT2D eigenvalue weighted by Crippen LogP contribution is 2.40. The lowest BCUT2D eigenvalue weighted by Gasteiger charge is -2.40. The molecule has 0 unspecified atom stereocenters. The van der Waals surface area contributed by atoms with Crippen molar-refractivity contribution in [3.05, 3.63) is 53.6 Å². The zero-order valence-corrected chi connectivity index (χ0v) is 11.3. The van der Waals surface area contributed by atoms with E-state index in [0.717, 1.165) is 19.3 Å². The summed E-state index contributed by atoms with van der Waals surface area (Å²) in [7, 11) is 0. The van der Waals surface area contributed by atoms with Crippen molar-refractivity contribution >= 4 is 11.9 Å². The van der Waals surface area contributed by atoms with Gasteiger partial charge in [0.05, 0.1) is 11.7 Å². The molecule has 108 valence electrons. The molecular formula is C15H15N3O3. The van der Waals surface area contributed by atoms with Crippen molar-refractivity contribution in [1.29, 1.82) is 0 Å². The normalized spacial score (nSPS) is 16.0. The number of aromatic nitrogens is 2. The van der Waals surface area contributed by atoms with Crippen LogP contribution in [0.3, 0.4) is 0 Å². The minimum Gasteiger partial charge on any atom is -0.477 e. The smallest absolute Gasteiger partial charge is 0.353 e. The number of carbonyl (C=O) groups excluding carboxylic acids is 1. The Hall–Kier alpha value is -2.63. The van der Waals surface area contributed by atoms with Crippen LogP contribution in [0.5, 0.6) is 0 Å². The zero-order valence-electron chi connectivity index (χ0n) is 11.3. The van der Waals surface area contributed by atoms with E-state index in [1.165, 1.54) is 6.20 Å². The summed E-state index contributed by atoms with van der Waals surface area (Å²) >= 11 is 0. The van der Waals surface area contributed by atoms with Crippen molar-refractivity contribution in [1.82, 2.24) is 15.3 Å². The van der Waals surface area contributed by atoms with Gasteiger partial charge in [0, 0.05) is 5.56 Å². The second kappa shape index (κ2) is 5.05. The van der Waals surface area contributed by atoms with Crippen molar-refractivity contribution in [3.63, 3.8) is 0 Å². The molecule has 1 aliphatic carbocycles. The number of nitrogens with zero attached hydrogens (tertiary/aromatic N) is 1. The Morgan fingerprint density at radius 3 is 2.48 bits per heavy atom. The lowest BCUT2D eigenvalue weighted by Crippen LogP contribution is -2.51. The first-order valence-corrected chi connectivity index (χ1v) is 6.77. The van der Waals surface area contributed by atoms with Crippen LogP contribution >= 0.6 is 0 Å². The number of carboxylic acid groups (broad SMARTS) is 1. The Bertz CT molecular complexity index is 674. The number of hydrogen-bond donors (Lipinski definition) is 3. The number of aromatic amines is 1. The van der Waals surface area contributed by atoms with Crippen molar-refractivity contribution in [2.45, 2.75) is 24.8 Å². The Balaban J connectivity index is 1.83. The number of hydrogen-bond acceptors (Lipinski definition) is 3. The van der Waals surface area contributed by atoms with Crippen LogP contribution in [0.15, 0.2) is 36.5 Å². The first-order chi connectivity index (χ1) is 10.1. The summed E-state index contributed by atoms with van der Waals surface area (Å²) in [5.41, 5.74) is 0.0275. The maximum Gasteiger partial charge on any atom is 0.353 e. The van der Waals surface area contributed by atoms with Crippen molar-refractivity contribution < 1.29 is 14.7 Å². The molecule has 0 atom stereocenters. The van der Waals surface area contributed by atoms with E-state index in [1.807, 2.05) is 6.07 Å². The van der Waals surface area contributed by atoms with E-state index in [1.54, 1.807) is 24.3 Å². The van der Waals surface area contributed by atoms with Crippen LogP contribution in [0.4, 0.5) is 0 Å². The van der Waals surface area contributed by atoms with Crippen LogP contribution in [0.2, 0.25) is 0 Å². The molecule has 2 aromatic rings. The fourth-order valence-electron chi connectivity index (χ4n) is 2.50. The lowest BCUT2D eigenvalue weighted by molar-refractivity contribution is 0.0690. The van der Waals surface area contributed by atoms with Gasteiger partial charge in [0.15, 0.2) is 0 Å². The van der Waals surface area contributed by atoms with E-state index >= 15 is 0 Å². The highest BCUT2D eigenvalue weighted by atomic mass is 16.4. The van der Waals surface area contributed by atoms with E-state index < -0.39 is 11.5 Å². The highest BCUT2D eigenvalue weighted by Gasteiger charge is 2.43. The topological polar surface area (TPSA) is 95.1 Å². The molecule has 0 saturated heterocycles. The Kier molecular flexibility index (Phi) is 3.21. The number of carboxylic acids is 1. The first-order valence-electron chi connectivity index (χ1n) is 6.77. The molecule has 1 saturated carbocycles. The van der Waals surface area contributed by atoms with Crippen LogP contribution < -0.4 is 5.32 Å². The molecule has 3 N–H and O–H groups in total. The SMILES string of the molecule is O=C(NC1(c2ncc(C(=O)O)[nH]2)CCC1)c1ccccc1. The summed E-state index contributed by atoms with van der Waals surface area (Å²) in [6.07, 6.45) is 3.75. The van der Waals surface area contributed by atoms with Gasteiger partial charge in [0.25, 0.3) is 5.91 Å². The molecule has 21 heavy (non-hydrogen) atoms. The van der Waals surface area contributed by atoms with Gasteiger partial charge in [-0.15, -0.1) is 0 Å². The Labute approximate surface area is 121 Å². The van der Waals surface area contributed by atoms with Gasteiger partial charge < -0.3 is 15.4 Å². The maximum absolute atomic E-state index is 12.3. The molecule has 1 aromatic heterocycles. The average Bonchev–Trinajstić information content (AvgIpc) is 2.93. The van der Waals surface area contributed by atoms with Gasteiger partial charge in [-0.05, 0) is 31.4 Å². The number of aromatic carboxylic acids is 1. The summed E-state index contributed by atoms with van der Waals surface area (Å²) in [5, 5.41) is 11.9. The third-order valence-corrected chi connectivity index (χ3v) is 3.86. The van der Waals surface area contributed by atoms with Crippen LogP contribution in [0.1, 0.15) is 45.9 Å². The van der Waals surface area contributed by atoms with Crippen LogP contribution in [0, 0.1) is 0 Å². The van der Waals surface area contributed by atoms with Crippen molar-refractivity contribution in [2.75, 3.05) is 0 Å². The van der Waals surface area contributed by atoms with Gasteiger partial charge in [-0.25, -0.2) is 9.78 Å². The third kappa shape index (κ3) is 2.40. The molecule has 1 aromatic carbocycles. The molecule has 1 fully saturated rings. The molecule has 1 heterocycles. The summed E-state index contributed by atoms with van der Waals surface area (Å²) in [6.45, 7) is 0. The fourth-order valence-corrected chi connectivity index (χ4v) is 2.50. The Morgan fingerprint density at radius 1 is 1.24 bits per heavy atom. The molecule has 0 radical (unpaired) electrons. The molecule has 1 amide bonds. The fraction of sp³-hybridized carbons (Fsp3) is 0.267. The number of carbonyl (C=O) groups is 2. The number of amides is 1. The molecule has 0 spiro atoms. The van der Waals surface area contributed by atoms with Gasteiger partial charge in [-0.1, -0.05) is 18.2 Å². The highest BCUT2D eigenvalue weighted by molar-refractivity contribution is 5.94. The number of imidazole rings is 1. The van der Waals surface area contributed by atoms with Gasteiger partial charge in [0.1, 0.15) is 11.5 Å². The van der Waals surface area contributed by atoms with E-state index in [-0.39, 0.29) is 11.6 Å². The number of benzene rings is 1. The molecular weight excluding hydrogens is 270 g/mol. The molecule has 0 bridgehead atoms. The second-order valence-electron chi connectivity index (χ2n) is 5.21. The van der Waals surface area contributed by atoms with Gasteiger partial charge in [-0.2, -0.15) is 0 Å². The van der Waals surface area contributed by atoms with Crippen LogP contribution in [-0.2, 0) is 5.54 Å². The number of rotatable bonds is 4. The van der Waals surface area contributed by atoms with E-state index in [9.17, 15) is 9.59 Å². The van der Waals surface area contributed by atoms with Crippen LogP contribution in [-0.4, -0.2) is 27.0 Å². The molecule has 0 aliphatic heterocycles. The number of H-pyrrole nitrogens is 1. The van der Waals surface area contributed by atoms with Crippen LogP contribution in [0.25, 0.3) is 0 Å². The lowest BCUT2D eigenvalue weighted by atomic mass is 9.76. The standard InChI is InChI=1S/C15H15N3O3/c19-12(10-5-2-1-3-6-10)18-15(7-4-8-15)14-16-9-11(17-14)13(20)21/h1-3,5-6,9H,4,7-8H2,(H,16,17)(H,18,19)(H,20,21). The summed E-state index contributed by atoms with van der Waals surface area (Å²) in [5.74, 6) is -0.725. The zero-order chi connectivity index (χ0) is 14.9. The molecule has 6 nitrogen and oxygen atoms in total. The molecule has 1 aliphatic rings. The number of nitrogens with one attached hydrogen (secondary N) is 2. The van der Waals surface area contributed by atoms with Gasteiger partial charge >= 0.3 is 5.97 Å². The Morgan fingerprint density at radius 2 is 1.95 bits per heavy atom. The summed E-state index contributed by atoms with van der Waals surface area (Å²) in [6, 6.07) is 8.94. The largest absolute Gasteiger partial charge is 0.477 e. The van der Waals surface area contributed by atoms with Crippen molar-refractivity contribution in [2.24, 2.45) is 0 Å². The summed E-state index contributed by atoms with van der Waals surface area (Å²) < 4.78 is 0.